The van der Waals surface area contributed by atoms with Gasteiger partial charge in [0.15, 0.2) is 5.41 Å². The van der Waals surface area contributed by atoms with Crippen molar-refractivity contribution in [1.29, 1.82) is 0 Å². The lowest BCUT2D eigenvalue weighted by atomic mass is 9.78. The van der Waals surface area contributed by atoms with Gasteiger partial charge in [0.1, 0.15) is 13.2 Å². The molecule has 5 nitrogen and oxygen atoms in total. The lowest BCUT2D eigenvalue weighted by Gasteiger charge is -2.26. The number of carbonyl (C=O) groups excluding carboxylic acids is 2. The van der Waals surface area contributed by atoms with E-state index in [2.05, 4.69) is 23.7 Å². The Bertz CT molecular complexity index is 853. The molecule has 0 saturated heterocycles. The Kier molecular flexibility index (Phi) is 8.52. The van der Waals surface area contributed by atoms with Crippen LogP contribution in [0.25, 0.3) is 0 Å². The van der Waals surface area contributed by atoms with Crippen LogP contribution in [0.3, 0.4) is 0 Å². The SMILES string of the molecule is COC(=O)C(CC#CCOCC#Cc1ccccc1)(CC(C)=C1CC1)C(=O)OC. The van der Waals surface area contributed by atoms with Gasteiger partial charge in [0.25, 0.3) is 0 Å². The van der Waals surface area contributed by atoms with Crippen LogP contribution in [0.4, 0.5) is 0 Å². The van der Waals surface area contributed by atoms with Crippen LogP contribution in [-0.2, 0) is 23.8 Å². The van der Waals surface area contributed by atoms with Gasteiger partial charge in [0, 0.05) is 12.0 Å². The van der Waals surface area contributed by atoms with E-state index in [-0.39, 0.29) is 26.1 Å². The number of rotatable bonds is 7. The number of hydrogen-bond donors (Lipinski definition) is 0. The monoisotopic (exact) mass is 394 g/mol. The number of esters is 2. The van der Waals surface area contributed by atoms with Gasteiger partial charge in [-0.15, -0.1) is 0 Å². The van der Waals surface area contributed by atoms with E-state index < -0.39 is 17.4 Å². The molecule has 0 N–H and O–H groups in total. The molecule has 1 aromatic rings. The summed E-state index contributed by atoms with van der Waals surface area (Å²) in [6, 6.07) is 9.62. The largest absolute Gasteiger partial charge is 0.468 e. The first-order valence-corrected chi connectivity index (χ1v) is 9.45. The fourth-order valence-electron chi connectivity index (χ4n) is 2.97. The Hall–Kier alpha value is -3.02. The van der Waals surface area contributed by atoms with E-state index in [0.29, 0.717) is 0 Å². The quantitative estimate of drug-likeness (QED) is 0.234. The molecule has 0 aromatic heterocycles. The third-order valence-corrected chi connectivity index (χ3v) is 4.69. The van der Waals surface area contributed by atoms with Crippen LogP contribution in [0, 0.1) is 29.1 Å². The summed E-state index contributed by atoms with van der Waals surface area (Å²) in [6.45, 7) is 2.33. The van der Waals surface area contributed by atoms with Crippen LogP contribution in [0.1, 0.15) is 38.2 Å². The van der Waals surface area contributed by atoms with Crippen molar-refractivity contribution in [2.75, 3.05) is 27.4 Å². The van der Waals surface area contributed by atoms with E-state index in [4.69, 9.17) is 14.2 Å². The Morgan fingerprint density at radius 1 is 0.966 bits per heavy atom. The standard InChI is InChI=1S/C24H26O5/c1-19(21-13-14-21)18-24(22(25)27-2,23(26)28-3)15-7-8-16-29-17-9-12-20-10-5-4-6-11-20/h4-6,10-11H,13-18H2,1-3H3. The third-order valence-electron chi connectivity index (χ3n) is 4.69. The molecule has 29 heavy (non-hydrogen) atoms. The van der Waals surface area contributed by atoms with Gasteiger partial charge in [-0.05, 0) is 38.3 Å². The van der Waals surface area contributed by atoms with Gasteiger partial charge in [-0.2, -0.15) is 0 Å². The van der Waals surface area contributed by atoms with Gasteiger partial charge >= 0.3 is 11.9 Å². The second kappa shape index (κ2) is 11.1. The van der Waals surface area contributed by atoms with Gasteiger partial charge in [-0.1, -0.05) is 53.0 Å². The van der Waals surface area contributed by atoms with Crippen molar-refractivity contribution in [2.24, 2.45) is 5.41 Å². The number of ether oxygens (including phenoxy) is 3. The fourth-order valence-corrected chi connectivity index (χ4v) is 2.97. The van der Waals surface area contributed by atoms with Gasteiger partial charge in [-0.3, -0.25) is 9.59 Å². The first kappa shape index (κ1) is 22.3. The summed E-state index contributed by atoms with van der Waals surface area (Å²) in [5, 5.41) is 0. The maximum absolute atomic E-state index is 12.5. The highest BCUT2D eigenvalue weighted by atomic mass is 16.5. The molecular weight excluding hydrogens is 368 g/mol. The number of methoxy groups -OCH3 is 2. The highest BCUT2D eigenvalue weighted by Crippen LogP contribution is 2.40. The molecule has 0 atom stereocenters. The van der Waals surface area contributed by atoms with Crippen LogP contribution < -0.4 is 0 Å². The zero-order chi connectivity index (χ0) is 21.1. The Morgan fingerprint density at radius 3 is 2.17 bits per heavy atom. The summed E-state index contributed by atoms with van der Waals surface area (Å²) in [7, 11) is 2.53. The molecule has 0 heterocycles. The molecular formula is C24H26O5. The molecule has 1 saturated carbocycles. The van der Waals surface area contributed by atoms with E-state index in [0.717, 1.165) is 24.0 Å². The van der Waals surface area contributed by atoms with Gasteiger partial charge < -0.3 is 14.2 Å². The average molecular weight is 394 g/mol. The molecule has 0 aliphatic heterocycles. The molecule has 1 aliphatic rings. The van der Waals surface area contributed by atoms with E-state index >= 15 is 0 Å². The summed E-state index contributed by atoms with van der Waals surface area (Å²) < 4.78 is 15.2. The van der Waals surface area contributed by atoms with E-state index in [1.54, 1.807) is 0 Å². The Balaban J connectivity index is 1.97. The van der Waals surface area contributed by atoms with Crippen molar-refractivity contribution in [3.8, 4) is 23.7 Å². The minimum absolute atomic E-state index is 0.00994. The molecule has 152 valence electrons. The van der Waals surface area contributed by atoms with Gasteiger partial charge in [0.2, 0.25) is 0 Å². The smallest absolute Gasteiger partial charge is 0.324 e. The van der Waals surface area contributed by atoms with Crippen molar-refractivity contribution in [2.45, 2.75) is 32.6 Å². The maximum Gasteiger partial charge on any atom is 0.324 e. The minimum Gasteiger partial charge on any atom is -0.468 e. The molecule has 0 radical (unpaired) electrons. The van der Waals surface area contributed by atoms with Crippen LogP contribution in [-0.4, -0.2) is 39.4 Å². The maximum atomic E-state index is 12.5. The van der Waals surface area contributed by atoms with Gasteiger partial charge in [-0.25, -0.2) is 0 Å². The van der Waals surface area contributed by atoms with Crippen LogP contribution in [0.2, 0.25) is 0 Å². The molecule has 0 bridgehead atoms. The Labute approximate surface area is 172 Å². The summed E-state index contributed by atoms with van der Waals surface area (Å²) in [5.41, 5.74) is 1.76. The highest BCUT2D eigenvalue weighted by molar-refractivity contribution is 6.00. The molecule has 0 unspecified atom stereocenters. The highest BCUT2D eigenvalue weighted by Gasteiger charge is 2.48. The molecule has 1 aromatic carbocycles. The second-order valence-electron chi connectivity index (χ2n) is 6.82. The predicted molar refractivity (Wildman–Crippen MR) is 110 cm³/mol. The van der Waals surface area contributed by atoms with Crippen molar-refractivity contribution >= 4 is 11.9 Å². The van der Waals surface area contributed by atoms with Crippen molar-refractivity contribution < 1.29 is 23.8 Å². The molecule has 2 rings (SSSR count). The molecule has 1 aliphatic carbocycles. The second-order valence-corrected chi connectivity index (χ2v) is 6.82. The van der Waals surface area contributed by atoms with Crippen molar-refractivity contribution in [1.82, 2.24) is 0 Å². The predicted octanol–water partition coefficient (Wildman–Crippen LogP) is 3.28. The fraction of sp³-hybridized carbons (Fsp3) is 0.417. The van der Waals surface area contributed by atoms with Crippen LogP contribution >= 0.6 is 0 Å². The lowest BCUT2D eigenvalue weighted by Crippen LogP contribution is -2.41. The summed E-state index contributed by atoms with van der Waals surface area (Å²) in [4.78, 5) is 25.0. The summed E-state index contributed by atoms with van der Waals surface area (Å²) >= 11 is 0. The zero-order valence-electron chi connectivity index (χ0n) is 17.2. The normalized spacial score (nSPS) is 12.0. The van der Waals surface area contributed by atoms with Crippen LogP contribution in [0.15, 0.2) is 41.5 Å². The number of hydrogen-bond acceptors (Lipinski definition) is 5. The molecule has 0 amide bonds. The van der Waals surface area contributed by atoms with Crippen LogP contribution in [0.5, 0.6) is 0 Å². The summed E-state index contributed by atoms with van der Waals surface area (Å²) in [6.07, 6.45) is 2.28. The first-order chi connectivity index (χ1) is 14.0. The Morgan fingerprint density at radius 2 is 1.59 bits per heavy atom. The average Bonchev–Trinajstić information content (AvgIpc) is 3.59. The third kappa shape index (κ3) is 6.52. The van der Waals surface area contributed by atoms with Crippen molar-refractivity contribution in [3.05, 3.63) is 47.0 Å². The minimum atomic E-state index is -1.46. The molecule has 5 heteroatoms. The zero-order valence-corrected chi connectivity index (χ0v) is 17.2. The number of benzene rings is 1. The first-order valence-electron chi connectivity index (χ1n) is 9.45. The number of carbonyl (C=O) groups is 2. The van der Waals surface area contributed by atoms with E-state index in [1.165, 1.54) is 19.8 Å². The van der Waals surface area contributed by atoms with E-state index in [1.807, 2.05) is 37.3 Å². The molecule has 0 spiro atoms. The van der Waals surface area contributed by atoms with Gasteiger partial charge in [0.05, 0.1) is 14.2 Å². The topological polar surface area (TPSA) is 61.8 Å². The lowest BCUT2D eigenvalue weighted by molar-refractivity contribution is -0.168. The number of allylic oxidation sites excluding steroid dienone is 2. The molecule has 1 fully saturated rings. The summed E-state index contributed by atoms with van der Waals surface area (Å²) in [5.74, 6) is 10.4. The van der Waals surface area contributed by atoms with Crippen molar-refractivity contribution in [3.63, 3.8) is 0 Å². The van der Waals surface area contributed by atoms with E-state index in [9.17, 15) is 9.59 Å².